The Hall–Kier alpha value is -2.39. The van der Waals surface area contributed by atoms with Crippen molar-refractivity contribution in [1.82, 2.24) is 0 Å². The van der Waals surface area contributed by atoms with Gasteiger partial charge in [0.25, 0.3) is 0 Å². The zero-order valence-corrected chi connectivity index (χ0v) is 30.8. The van der Waals surface area contributed by atoms with Gasteiger partial charge in [0.1, 0.15) is 0 Å². The van der Waals surface area contributed by atoms with Gasteiger partial charge >= 0.3 is 26.8 Å². The van der Waals surface area contributed by atoms with Crippen molar-refractivity contribution in [3.63, 3.8) is 0 Å². The van der Waals surface area contributed by atoms with Crippen molar-refractivity contribution >= 4 is 54.0 Å². The summed E-state index contributed by atoms with van der Waals surface area (Å²) in [6.07, 6.45) is 7.45. The molecule has 0 unspecified atom stereocenters. The molecule has 0 aliphatic heterocycles. The van der Waals surface area contributed by atoms with E-state index in [2.05, 4.69) is 143 Å². The van der Waals surface area contributed by atoms with Gasteiger partial charge in [0.15, 0.2) is 0 Å². The molecule has 0 N–H and O–H groups in total. The van der Waals surface area contributed by atoms with Crippen LogP contribution in [0.25, 0.3) is 43.8 Å². The molecular formula is C40H46Cl2SiTi-4. The van der Waals surface area contributed by atoms with Crippen molar-refractivity contribution in [2.75, 3.05) is 0 Å². The predicted molar refractivity (Wildman–Crippen MR) is 200 cm³/mol. The molecule has 0 nitrogen and oxygen atoms in total. The summed E-state index contributed by atoms with van der Waals surface area (Å²) in [4.78, 5) is 0. The van der Waals surface area contributed by atoms with Gasteiger partial charge in [0, 0.05) is 0 Å². The second kappa shape index (κ2) is 22.2. The van der Waals surface area contributed by atoms with E-state index in [-0.39, 0.29) is 39.7 Å². The van der Waals surface area contributed by atoms with Gasteiger partial charge < -0.3 is 14.9 Å². The molecule has 44 heavy (non-hydrogen) atoms. The van der Waals surface area contributed by atoms with Gasteiger partial charge in [-0.2, -0.15) is 12.1 Å². The summed E-state index contributed by atoms with van der Waals surface area (Å²) in [5.41, 5.74) is 8.25. The first-order valence-electron chi connectivity index (χ1n) is 14.5. The van der Waals surface area contributed by atoms with Gasteiger partial charge in [-0.25, -0.2) is 0 Å². The van der Waals surface area contributed by atoms with Crippen LogP contribution >= 0.6 is 24.8 Å². The van der Waals surface area contributed by atoms with Crippen molar-refractivity contribution < 1.29 is 19.2 Å². The van der Waals surface area contributed by atoms with E-state index in [1.165, 1.54) is 93.5 Å². The number of halogens is 2. The van der Waals surface area contributed by atoms with E-state index in [1.807, 2.05) is 0 Å². The van der Waals surface area contributed by atoms with Crippen LogP contribution in [0.4, 0.5) is 0 Å². The fraction of sp³-hybridized carbons (Fsp3) is 0.200. The number of fused-ring (bicyclic) bond motifs is 2. The Kier molecular flexibility index (Phi) is 21.0. The van der Waals surface area contributed by atoms with E-state index in [9.17, 15) is 0 Å². The van der Waals surface area contributed by atoms with Crippen LogP contribution in [0.5, 0.6) is 0 Å². The number of benzene rings is 4. The van der Waals surface area contributed by atoms with E-state index in [0.717, 1.165) is 0 Å². The first-order chi connectivity index (χ1) is 19.8. The quantitative estimate of drug-likeness (QED) is 0.111. The Morgan fingerprint density at radius 3 is 1.23 bits per heavy atom. The molecule has 0 fully saturated rings. The Morgan fingerprint density at radius 2 is 0.886 bits per heavy atom. The molecule has 6 rings (SSSR count). The molecule has 0 saturated heterocycles. The number of rotatable bonds is 8. The SMILES string of the molecule is CCCCc1cc2c(-c3ccccc3)cccc2[cH-]1.CCCCc1cc2c(-c3ccccc3)cccc2[cH-]1.Cl.Cl.[CH3-].[CH3-].[Si]=[Ti]. The molecule has 6 aromatic rings. The van der Waals surface area contributed by atoms with Gasteiger partial charge in [-0.15, -0.1) is 93.9 Å². The molecule has 4 heteroatoms. The van der Waals surface area contributed by atoms with Crippen LogP contribution in [0.15, 0.2) is 121 Å². The van der Waals surface area contributed by atoms with Crippen LogP contribution in [-0.2, 0) is 32.0 Å². The number of unbranched alkanes of at least 4 members (excludes halogenated alkanes) is 2. The summed E-state index contributed by atoms with van der Waals surface area (Å²) in [6, 6.07) is 44.0. The van der Waals surface area contributed by atoms with Gasteiger partial charge in [0.2, 0.25) is 0 Å². The Morgan fingerprint density at radius 1 is 0.523 bits per heavy atom. The predicted octanol–water partition coefficient (Wildman–Crippen LogP) is 12.5. The second-order valence-corrected chi connectivity index (χ2v) is 10.3. The molecule has 0 aromatic heterocycles. The molecule has 0 spiro atoms. The third-order valence-electron chi connectivity index (χ3n) is 7.43. The maximum absolute atomic E-state index is 2.97. The minimum absolute atomic E-state index is 0. The van der Waals surface area contributed by atoms with Crippen LogP contribution < -0.4 is 0 Å². The first-order valence-corrected chi connectivity index (χ1v) is 17.3. The summed E-state index contributed by atoms with van der Waals surface area (Å²) in [6.45, 7) is 4.50. The van der Waals surface area contributed by atoms with Crippen molar-refractivity contribution in [3.8, 4) is 22.3 Å². The molecule has 232 valence electrons. The summed E-state index contributed by atoms with van der Waals surface area (Å²) in [5, 5.41) is 5.51. The maximum atomic E-state index is 2.97. The van der Waals surface area contributed by atoms with E-state index >= 15 is 0 Å². The number of aryl methyl sites for hydroxylation is 2. The average Bonchev–Trinajstić information content (AvgIpc) is 3.65. The molecule has 0 saturated carbocycles. The van der Waals surface area contributed by atoms with Crippen LogP contribution in [0, 0.1) is 14.9 Å². The summed E-state index contributed by atoms with van der Waals surface area (Å²) in [7, 11) is 2.97. The molecule has 6 aromatic carbocycles. The molecule has 2 radical (unpaired) electrons. The number of hydrogen-bond donors (Lipinski definition) is 0. The molecule has 0 aliphatic rings. The standard InChI is InChI=1S/2C19H19.2CH3.2ClH.Si.Ti/c2*1-2-3-8-15-13-17-11-7-12-18(19(17)14-15)16-9-5-4-6-10-16;;;;;;/h2*4-7,9-14H,2-3,8H2,1H3;2*1H3;2*1H;;/q4*-1;;;;. The Labute approximate surface area is 293 Å². The first kappa shape index (κ1) is 41.6. The molecule has 0 atom stereocenters. The monoisotopic (exact) mass is 672 g/mol. The van der Waals surface area contributed by atoms with Crippen molar-refractivity contribution in [1.29, 1.82) is 0 Å². The fourth-order valence-electron chi connectivity index (χ4n) is 5.38. The van der Waals surface area contributed by atoms with E-state index in [1.54, 1.807) is 19.2 Å². The Balaban J connectivity index is 0.000000733. The molecule has 0 aliphatic carbocycles. The van der Waals surface area contributed by atoms with Gasteiger partial charge in [-0.1, -0.05) is 123 Å². The van der Waals surface area contributed by atoms with E-state index in [4.69, 9.17) is 0 Å². The van der Waals surface area contributed by atoms with Crippen LogP contribution in [0.3, 0.4) is 0 Å². The van der Waals surface area contributed by atoms with Crippen molar-refractivity contribution in [2.24, 2.45) is 0 Å². The minimum atomic E-state index is 0. The molecular weight excluding hydrogens is 627 g/mol. The third kappa shape index (κ3) is 10.9. The zero-order chi connectivity index (χ0) is 28.2. The topological polar surface area (TPSA) is 0 Å². The third-order valence-corrected chi connectivity index (χ3v) is 7.43. The molecule has 0 heterocycles. The van der Waals surface area contributed by atoms with Gasteiger partial charge in [-0.3, -0.25) is 0 Å². The summed E-state index contributed by atoms with van der Waals surface area (Å²) < 4.78 is 0. The zero-order valence-electron chi connectivity index (χ0n) is 26.6. The normalized spacial score (nSPS) is 9.57. The Bertz CT molecular complexity index is 1480. The van der Waals surface area contributed by atoms with Crippen LogP contribution in [0.1, 0.15) is 50.7 Å². The summed E-state index contributed by atoms with van der Waals surface area (Å²) in [5.74, 6) is 0. The van der Waals surface area contributed by atoms with Gasteiger partial charge in [0.05, 0.1) is 0 Å². The molecule has 0 amide bonds. The van der Waals surface area contributed by atoms with Crippen molar-refractivity contribution in [3.05, 3.63) is 147 Å². The molecule has 0 bridgehead atoms. The van der Waals surface area contributed by atoms with Crippen molar-refractivity contribution in [2.45, 2.75) is 52.4 Å². The summed E-state index contributed by atoms with van der Waals surface area (Å²) >= 11 is 1.81. The number of hydrogen-bond acceptors (Lipinski definition) is 0. The van der Waals surface area contributed by atoms with E-state index < -0.39 is 0 Å². The van der Waals surface area contributed by atoms with E-state index in [0.29, 0.717) is 0 Å². The fourth-order valence-corrected chi connectivity index (χ4v) is 5.38. The van der Waals surface area contributed by atoms with Crippen LogP contribution in [-0.4, -0.2) is 7.63 Å². The second-order valence-electron chi connectivity index (χ2n) is 10.3. The average molecular weight is 674 g/mol. The van der Waals surface area contributed by atoms with Gasteiger partial charge in [-0.05, 0) is 24.0 Å². The van der Waals surface area contributed by atoms with Crippen LogP contribution in [0.2, 0.25) is 0 Å².